The first kappa shape index (κ1) is 15.4. The number of anilines is 1. The van der Waals surface area contributed by atoms with E-state index in [1.807, 2.05) is 6.92 Å². The topological polar surface area (TPSA) is 99.6 Å². The summed E-state index contributed by atoms with van der Waals surface area (Å²) in [5.74, 6) is -1.66. The van der Waals surface area contributed by atoms with Crippen LogP contribution in [0.25, 0.3) is 0 Å². The van der Waals surface area contributed by atoms with Crippen LogP contribution >= 0.6 is 11.3 Å². The van der Waals surface area contributed by atoms with Gasteiger partial charge >= 0.3 is 5.97 Å². The third-order valence-electron chi connectivity index (χ3n) is 3.49. The van der Waals surface area contributed by atoms with Gasteiger partial charge in [0.2, 0.25) is 5.91 Å². The summed E-state index contributed by atoms with van der Waals surface area (Å²) in [6.45, 7) is 3.62. The van der Waals surface area contributed by atoms with Crippen molar-refractivity contribution in [2.75, 3.05) is 11.9 Å². The van der Waals surface area contributed by atoms with Crippen LogP contribution in [0.5, 0.6) is 0 Å². The highest BCUT2D eigenvalue weighted by Crippen LogP contribution is 2.25. The van der Waals surface area contributed by atoms with E-state index in [2.05, 4.69) is 10.3 Å². The maximum Gasteiger partial charge on any atom is 0.306 e. The fourth-order valence-corrected chi connectivity index (χ4v) is 3.16. The molecule has 2 rings (SSSR count). The number of carboxylic acid groups (broad SMARTS) is 1. The van der Waals surface area contributed by atoms with Gasteiger partial charge in [-0.2, -0.15) is 0 Å². The molecule has 8 heteroatoms. The van der Waals surface area contributed by atoms with Gasteiger partial charge in [-0.1, -0.05) is 0 Å². The first-order valence-corrected chi connectivity index (χ1v) is 7.53. The van der Waals surface area contributed by atoms with Crippen molar-refractivity contribution >= 4 is 34.3 Å². The molecule has 2 unspecified atom stereocenters. The molecule has 0 aliphatic carbocycles. The normalized spacial score (nSPS) is 21.9. The van der Waals surface area contributed by atoms with Crippen LogP contribution in [0.4, 0.5) is 5.13 Å². The number of nitrogens with one attached hydrogen (secondary N) is 1. The van der Waals surface area contributed by atoms with Crippen molar-refractivity contribution in [1.29, 1.82) is 0 Å². The molecule has 2 heterocycles. The summed E-state index contributed by atoms with van der Waals surface area (Å²) in [6.07, 6.45) is 0.901. The summed E-state index contributed by atoms with van der Waals surface area (Å²) in [7, 11) is 0. The Morgan fingerprint density at radius 1 is 1.48 bits per heavy atom. The number of aliphatic carboxylic acids is 1. The van der Waals surface area contributed by atoms with Gasteiger partial charge in [-0.3, -0.25) is 14.4 Å². The molecule has 1 saturated heterocycles. The quantitative estimate of drug-likeness (QED) is 0.879. The Morgan fingerprint density at radius 2 is 2.19 bits per heavy atom. The Labute approximate surface area is 126 Å². The Hall–Kier alpha value is -1.96. The van der Waals surface area contributed by atoms with Gasteiger partial charge in [0.15, 0.2) is 5.13 Å². The van der Waals surface area contributed by atoms with Gasteiger partial charge in [0.05, 0.1) is 5.92 Å². The van der Waals surface area contributed by atoms with E-state index in [9.17, 15) is 14.4 Å². The van der Waals surface area contributed by atoms with E-state index in [-0.39, 0.29) is 23.6 Å². The number of hydrogen-bond acceptors (Lipinski definition) is 5. The summed E-state index contributed by atoms with van der Waals surface area (Å²) in [5, 5.41) is 13.6. The smallest absolute Gasteiger partial charge is 0.306 e. The molecule has 2 amide bonds. The molecule has 7 nitrogen and oxygen atoms in total. The van der Waals surface area contributed by atoms with Gasteiger partial charge in [-0.25, -0.2) is 4.98 Å². The number of hydrogen-bond donors (Lipinski definition) is 2. The minimum atomic E-state index is -0.810. The van der Waals surface area contributed by atoms with Gasteiger partial charge in [0.25, 0.3) is 5.91 Å². The molecular formula is C13H17N3O4S. The fraction of sp³-hybridized carbons (Fsp3) is 0.538. The summed E-state index contributed by atoms with van der Waals surface area (Å²) in [5.41, 5.74) is 0.282. The lowest BCUT2D eigenvalue weighted by Gasteiger charge is -2.35. The van der Waals surface area contributed by atoms with E-state index in [1.54, 1.807) is 10.3 Å². The maximum absolute atomic E-state index is 12.4. The van der Waals surface area contributed by atoms with Crippen LogP contribution in [0.15, 0.2) is 5.38 Å². The molecule has 2 atom stereocenters. The van der Waals surface area contributed by atoms with Gasteiger partial charge in [-0.15, -0.1) is 11.3 Å². The second-order valence-corrected chi connectivity index (χ2v) is 5.98. The number of carboxylic acids is 1. The van der Waals surface area contributed by atoms with E-state index in [0.717, 1.165) is 0 Å². The van der Waals surface area contributed by atoms with E-state index in [4.69, 9.17) is 5.11 Å². The van der Waals surface area contributed by atoms with Gasteiger partial charge < -0.3 is 15.3 Å². The van der Waals surface area contributed by atoms with Crippen LogP contribution in [0.2, 0.25) is 0 Å². The lowest BCUT2D eigenvalue weighted by molar-refractivity contribution is -0.143. The average molecular weight is 311 g/mol. The van der Waals surface area contributed by atoms with Crippen molar-refractivity contribution in [3.63, 3.8) is 0 Å². The van der Waals surface area contributed by atoms with Crippen LogP contribution in [0.1, 0.15) is 37.2 Å². The molecule has 1 aliphatic heterocycles. The zero-order valence-electron chi connectivity index (χ0n) is 11.8. The van der Waals surface area contributed by atoms with Crippen molar-refractivity contribution in [3.05, 3.63) is 11.1 Å². The van der Waals surface area contributed by atoms with Gasteiger partial charge in [-0.05, 0) is 19.8 Å². The largest absolute Gasteiger partial charge is 0.481 e. The monoisotopic (exact) mass is 311 g/mol. The van der Waals surface area contributed by atoms with Crippen molar-refractivity contribution in [3.8, 4) is 0 Å². The first-order valence-electron chi connectivity index (χ1n) is 6.65. The number of likely N-dealkylation sites (tertiary alicyclic amines) is 1. The van der Waals surface area contributed by atoms with Crippen LogP contribution in [-0.4, -0.2) is 45.4 Å². The van der Waals surface area contributed by atoms with Crippen LogP contribution in [0.3, 0.4) is 0 Å². The Balaban J connectivity index is 2.05. The highest BCUT2D eigenvalue weighted by Gasteiger charge is 2.33. The Kier molecular flexibility index (Phi) is 4.56. The molecule has 0 bridgehead atoms. The van der Waals surface area contributed by atoms with E-state index in [0.29, 0.717) is 24.5 Å². The number of rotatable bonds is 3. The van der Waals surface area contributed by atoms with Crippen LogP contribution in [-0.2, 0) is 9.59 Å². The number of thiazole rings is 1. The minimum absolute atomic E-state index is 0.140. The lowest BCUT2D eigenvalue weighted by Crippen LogP contribution is -2.46. The molecule has 1 aromatic rings. The molecular weight excluding hydrogens is 294 g/mol. The predicted molar refractivity (Wildman–Crippen MR) is 77.3 cm³/mol. The first-order chi connectivity index (χ1) is 9.88. The highest BCUT2D eigenvalue weighted by atomic mass is 32.1. The summed E-state index contributed by atoms with van der Waals surface area (Å²) in [6, 6.07) is -0.140. The molecule has 114 valence electrons. The third-order valence-corrected chi connectivity index (χ3v) is 4.25. The highest BCUT2D eigenvalue weighted by molar-refractivity contribution is 7.14. The molecule has 1 aliphatic rings. The third kappa shape index (κ3) is 3.57. The second kappa shape index (κ2) is 6.21. The number of amides is 2. The zero-order chi connectivity index (χ0) is 15.6. The molecule has 0 aromatic carbocycles. The number of carbonyl (C=O) groups is 3. The number of carbonyl (C=O) groups excluding carboxylic acids is 2. The molecule has 1 fully saturated rings. The van der Waals surface area contributed by atoms with Gasteiger partial charge in [0.1, 0.15) is 5.69 Å². The van der Waals surface area contributed by atoms with Crippen molar-refractivity contribution in [1.82, 2.24) is 9.88 Å². The Morgan fingerprint density at radius 3 is 2.76 bits per heavy atom. The summed E-state index contributed by atoms with van der Waals surface area (Å²) < 4.78 is 0. The lowest BCUT2D eigenvalue weighted by atomic mass is 9.91. The number of nitrogens with zero attached hydrogens (tertiary/aromatic N) is 2. The summed E-state index contributed by atoms with van der Waals surface area (Å²) >= 11 is 1.19. The van der Waals surface area contributed by atoms with Gasteiger partial charge in [0, 0.05) is 24.9 Å². The van der Waals surface area contributed by atoms with Crippen molar-refractivity contribution in [2.45, 2.75) is 32.7 Å². The van der Waals surface area contributed by atoms with Crippen LogP contribution in [0, 0.1) is 5.92 Å². The molecule has 1 aromatic heterocycles. The number of piperidine rings is 1. The standard InChI is InChI=1S/C13H17N3O4S/c1-7-5-9(12(19)20)3-4-16(7)11(18)10-6-21-13(15-10)14-8(2)17/h6-7,9H,3-5H2,1-2H3,(H,19,20)(H,14,15,17). The molecule has 0 spiro atoms. The molecule has 0 saturated carbocycles. The SMILES string of the molecule is CC(=O)Nc1nc(C(=O)N2CCC(C(=O)O)CC2C)cs1. The average Bonchev–Trinajstić information content (AvgIpc) is 2.85. The maximum atomic E-state index is 12.4. The fourth-order valence-electron chi connectivity index (χ4n) is 2.43. The Bertz CT molecular complexity index is 572. The zero-order valence-corrected chi connectivity index (χ0v) is 12.6. The summed E-state index contributed by atoms with van der Waals surface area (Å²) in [4.78, 5) is 40.1. The van der Waals surface area contributed by atoms with Crippen LogP contribution < -0.4 is 5.32 Å². The van der Waals surface area contributed by atoms with E-state index in [1.165, 1.54) is 18.3 Å². The minimum Gasteiger partial charge on any atom is -0.481 e. The van der Waals surface area contributed by atoms with E-state index >= 15 is 0 Å². The van der Waals surface area contributed by atoms with Crippen molar-refractivity contribution in [2.24, 2.45) is 5.92 Å². The molecule has 2 N–H and O–H groups in total. The molecule has 0 radical (unpaired) electrons. The second-order valence-electron chi connectivity index (χ2n) is 5.13. The van der Waals surface area contributed by atoms with Crippen molar-refractivity contribution < 1.29 is 19.5 Å². The predicted octanol–water partition coefficient (Wildman–Crippen LogP) is 1.43. The molecule has 21 heavy (non-hydrogen) atoms. The number of aromatic nitrogens is 1. The van der Waals surface area contributed by atoms with E-state index < -0.39 is 11.9 Å².